The Morgan fingerprint density at radius 3 is 1.43 bits per heavy atom. The minimum atomic E-state index is 0. The van der Waals surface area contributed by atoms with Crippen molar-refractivity contribution in [3.63, 3.8) is 0 Å². The van der Waals surface area contributed by atoms with Crippen molar-refractivity contribution in [2.45, 2.75) is 0 Å². The van der Waals surface area contributed by atoms with Crippen LogP contribution in [0.5, 0.6) is 0 Å². The summed E-state index contributed by atoms with van der Waals surface area (Å²) in [6.07, 6.45) is 4.10. The van der Waals surface area contributed by atoms with Gasteiger partial charge in [0.2, 0.25) is 0 Å². The fourth-order valence-electron chi connectivity index (χ4n) is 0.0745. The van der Waals surface area contributed by atoms with E-state index in [9.17, 15) is 0 Å². The molecule has 0 heterocycles. The molecule has 0 N–H and O–H groups in total. The molecule has 0 saturated heterocycles. The van der Waals surface area contributed by atoms with Crippen molar-refractivity contribution in [1.29, 1.82) is 0 Å². The van der Waals surface area contributed by atoms with Crippen LogP contribution in [-0.4, -0.2) is 74.7 Å². The Morgan fingerprint density at radius 2 is 1.43 bits per heavy atom. The maximum absolute atomic E-state index is 2.08. The summed E-state index contributed by atoms with van der Waals surface area (Å²) in [4.78, 5) is 0. The third-order valence-electron chi connectivity index (χ3n) is 0.514. The quantitative estimate of drug-likeness (QED) is 0.438. The zero-order valence-corrected chi connectivity index (χ0v) is 5.90. The summed E-state index contributed by atoms with van der Waals surface area (Å²) >= 11 is 3.44. The molecule has 0 aliphatic carbocycles. The first-order valence-electron chi connectivity index (χ1n) is 1.63. The van der Waals surface area contributed by atoms with Gasteiger partial charge in [-0.3, -0.25) is 0 Å². The van der Waals surface area contributed by atoms with Crippen LogP contribution < -0.4 is 0 Å². The molecule has 0 aromatic heterocycles. The van der Waals surface area contributed by atoms with Gasteiger partial charge in [-0.05, 0) is 12.5 Å². The summed E-state index contributed by atoms with van der Waals surface area (Å²) < 4.78 is 2.08. The topological polar surface area (TPSA) is 3.24 Å². The van der Waals surface area contributed by atoms with Crippen molar-refractivity contribution >= 4 is 75.3 Å². The normalized spacial score (nSPS) is 8.57. The van der Waals surface area contributed by atoms with Gasteiger partial charge in [0.05, 0.1) is 0 Å². The van der Waals surface area contributed by atoms with Gasteiger partial charge in [-0.25, -0.2) is 0 Å². The van der Waals surface area contributed by atoms with Crippen LogP contribution in [-0.2, 0) is 0 Å². The second-order valence-electron chi connectivity index (χ2n) is 0.805. The van der Waals surface area contributed by atoms with Crippen molar-refractivity contribution in [2.24, 2.45) is 0 Å². The van der Waals surface area contributed by atoms with E-state index in [2.05, 4.69) is 16.2 Å². The molecule has 7 heavy (non-hydrogen) atoms. The van der Waals surface area contributed by atoms with Gasteiger partial charge < -0.3 is 0 Å². The number of hydrogen-bond donors (Lipinski definition) is 0. The van der Waals surface area contributed by atoms with Crippen molar-refractivity contribution in [2.75, 3.05) is 19.6 Å². The summed E-state index contributed by atoms with van der Waals surface area (Å²) in [5, 5.41) is 0. The van der Waals surface area contributed by atoms with Crippen molar-refractivity contribution in [1.82, 2.24) is 3.71 Å². The molecule has 0 aliphatic rings. The minimum absolute atomic E-state index is 0. The van der Waals surface area contributed by atoms with Crippen LogP contribution in [0.3, 0.4) is 0 Å². The molecule has 0 rings (SSSR count). The third kappa shape index (κ3) is 8.30. The van der Waals surface area contributed by atoms with Crippen LogP contribution in [0.15, 0.2) is 0 Å². The number of hydrogen-bond acceptors (Lipinski definition) is 3. The molecule has 0 unspecified atom stereocenters. The molecule has 0 aromatic carbocycles. The molecule has 1 nitrogen and oxygen atoms in total. The fraction of sp³-hybridized carbons (Fsp3) is 1.00. The van der Waals surface area contributed by atoms with Gasteiger partial charge in [0.1, 0.15) is 0 Å². The summed E-state index contributed by atoms with van der Waals surface area (Å²) in [6, 6.07) is 0. The van der Waals surface area contributed by atoms with Gasteiger partial charge in [-0.1, -0.05) is 23.9 Å². The maximum atomic E-state index is 2.08. The first kappa shape index (κ1) is 12.0. The number of nitrogens with zero attached hydrogens (tertiary/aromatic N) is 1. The molecule has 0 aromatic rings. The van der Waals surface area contributed by atoms with Crippen LogP contribution in [0.2, 0.25) is 0 Å². The van der Waals surface area contributed by atoms with Crippen LogP contribution >= 0.6 is 23.9 Å². The van der Waals surface area contributed by atoms with Crippen LogP contribution in [0, 0.1) is 0 Å². The van der Waals surface area contributed by atoms with Crippen molar-refractivity contribution in [3.8, 4) is 0 Å². The molecule has 0 saturated carbocycles. The molecule has 0 aliphatic heterocycles. The average molecular weight is 163 g/mol. The fourth-order valence-corrected chi connectivity index (χ4v) is 0.671. The van der Waals surface area contributed by atoms with E-state index in [4.69, 9.17) is 0 Å². The molecule has 0 spiro atoms. The monoisotopic (exact) mass is 163 g/mol. The Balaban J connectivity index is 0. The van der Waals surface area contributed by atoms with E-state index < -0.39 is 0 Å². The molecule has 0 radical (unpaired) electrons. The summed E-state index contributed by atoms with van der Waals surface area (Å²) in [7, 11) is 2.04. The van der Waals surface area contributed by atoms with E-state index in [1.54, 1.807) is 23.9 Å². The van der Waals surface area contributed by atoms with Crippen LogP contribution in [0.25, 0.3) is 0 Å². The van der Waals surface area contributed by atoms with E-state index in [0.717, 1.165) is 0 Å². The van der Waals surface area contributed by atoms with Gasteiger partial charge in [0.15, 0.2) is 0 Å². The molecule has 0 fully saturated rings. The average Bonchev–Trinajstić information content (AvgIpc) is 1.65. The predicted octanol–water partition coefficient (Wildman–Crippen LogP) is 0.826. The Morgan fingerprint density at radius 1 is 1.14 bits per heavy atom. The predicted molar refractivity (Wildman–Crippen MR) is 41.9 cm³/mol. The zero-order chi connectivity index (χ0) is 4.99. The van der Waals surface area contributed by atoms with Gasteiger partial charge in [-0.2, -0.15) is 3.71 Å². The van der Waals surface area contributed by atoms with Gasteiger partial charge in [0.25, 0.3) is 0 Å². The Labute approximate surface area is 96.7 Å². The summed E-state index contributed by atoms with van der Waals surface area (Å²) in [6.45, 7) is 0. The molecule has 0 amide bonds. The van der Waals surface area contributed by atoms with Gasteiger partial charge >= 0.3 is 51.4 Å². The molecule has 40 valence electrons. The van der Waals surface area contributed by atoms with E-state index >= 15 is 0 Å². The second kappa shape index (κ2) is 8.30. The van der Waals surface area contributed by atoms with Crippen LogP contribution in [0.4, 0.5) is 0 Å². The van der Waals surface area contributed by atoms with E-state index in [1.807, 2.05) is 7.05 Å². The van der Waals surface area contributed by atoms with Crippen molar-refractivity contribution < 1.29 is 0 Å². The van der Waals surface area contributed by atoms with Gasteiger partial charge in [0, 0.05) is 7.05 Å². The van der Waals surface area contributed by atoms with Crippen molar-refractivity contribution in [3.05, 3.63) is 0 Å². The second-order valence-corrected chi connectivity index (χ2v) is 2.86. The molecular formula is C3H10KNS2. The first-order valence-corrected chi connectivity index (χ1v) is 3.99. The van der Waals surface area contributed by atoms with E-state index in [0.29, 0.717) is 0 Å². The first-order chi connectivity index (χ1) is 2.81. The van der Waals surface area contributed by atoms with Crippen LogP contribution in [0.1, 0.15) is 0 Å². The Bertz CT molecular complexity index is 32.1. The Hall–Kier alpha value is 2.30. The molecule has 4 heteroatoms. The molecule has 0 atom stereocenters. The summed E-state index contributed by atoms with van der Waals surface area (Å²) in [5.41, 5.74) is 0. The summed E-state index contributed by atoms with van der Waals surface area (Å²) in [5.74, 6) is 0. The molecular weight excluding hydrogens is 153 g/mol. The zero-order valence-electron chi connectivity index (χ0n) is 4.26. The van der Waals surface area contributed by atoms with Gasteiger partial charge in [-0.15, -0.1) is 0 Å². The number of rotatable bonds is 2. The Kier molecular flexibility index (Phi) is 14.2. The molecule has 0 bridgehead atoms. The van der Waals surface area contributed by atoms with E-state index in [1.165, 1.54) is 0 Å². The van der Waals surface area contributed by atoms with E-state index in [-0.39, 0.29) is 51.4 Å². The standard InChI is InChI=1S/C3H9NS2.K.H/c1-4(5-2)6-3;;/h1-3H3;;. The third-order valence-corrected chi connectivity index (χ3v) is 2.44. The SMILES string of the molecule is CSN(C)SC.[KH].